The molecule has 1 fully saturated rings. The summed E-state index contributed by atoms with van der Waals surface area (Å²) in [6, 6.07) is 14.8. The SMILES string of the molecule is O=[N+]([O-])c1c(C=CN2CCCC2)cccc1OCc1ccccc1. The quantitative estimate of drug-likeness (QED) is 0.589. The Balaban J connectivity index is 1.80. The maximum Gasteiger partial charge on any atom is 0.318 e. The van der Waals surface area contributed by atoms with Gasteiger partial charge in [-0.3, -0.25) is 10.1 Å². The van der Waals surface area contributed by atoms with E-state index in [-0.39, 0.29) is 10.6 Å². The van der Waals surface area contributed by atoms with Crippen LogP contribution in [0.1, 0.15) is 24.0 Å². The maximum absolute atomic E-state index is 11.5. The fourth-order valence-corrected chi connectivity index (χ4v) is 2.80. The van der Waals surface area contributed by atoms with E-state index in [4.69, 9.17) is 4.74 Å². The number of nitrogens with zero attached hydrogens (tertiary/aromatic N) is 2. The van der Waals surface area contributed by atoms with Gasteiger partial charge in [0.15, 0.2) is 5.75 Å². The van der Waals surface area contributed by atoms with Gasteiger partial charge in [0.2, 0.25) is 0 Å². The predicted octanol–water partition coefficient (Wildman–Crippen LogP) is 4.24. The fraction of sp³-hybridized carbons (Fsp3) is 0.263. The highest BCUT2D eigenvalue weighted by Crippen LogP contribution is 2.32. The van der Waals surface area contributed by atoms with E-state index < -0.39 is 0 Å². The predicted molar refractivity (Wildman–Crippen MR) is 93.7 cm³/mol. The van der Waals surface area contributed by atoms with Crippen molar-refractivity contribution in [2.24, 2.45) is 0 Å². The Labute approximate surface area is 141 Å². The number of hydrogen-bond donors (Lipinski definition) is 0. The van der Waals surface area contributed by atoms with Crippen LogP contribution in [0, 0.1) is 10.1 Å². The van der Waals surface area contributed by atoms with Crippen LogP contribution in [0.4, 0.5) is 5.69 Å². The number of nitro groups is 1. The van der Waals surface area contributed by atoms with E-state index in [1.807, 2.05) is 36.5 Å². The molecule has 0 atom stereocenters. The van der Waals surface area contributed by atoms with E-state index in [1.165, 1.54) is 12.8 Å². The summed E-state index contributed by atoms with van der Waals surface area (Å²) in [4.78, 5) is 13.3. The van der Waals surface area contributed by atoms with Crippen molar-refractivity contribution in [1.29, 1.82) is 0 Å². The van der Waals surface area contributed by atoms with Gasteiger partial charge >= 0.3 is 5.69 Å². The molecule has 1 aliphatic heterocycles. The first kappa shape index (κ1) is 16.1. The second-order valence-corrected chi connectivity index (χ2v) is 5.78. The normalized spacial score (nSPS) is 14.2. The summed E-state index contributed by atoms with van der Waals surface area (Å²) < 4.78 is 5.71. The van der Waals surface area contributed by atoms with E-state index >= 15 is 0 Å². The molecule has 5 nitrogen and oxygen atoms in total. The highest BCUT2D eigenvalue weighted by atomic mass is 16.6. The highest BCUT2D eigenvalue weighted by molar-refractivity contribution is 5.66. The van der Waals surface area contributed by atoms with Crippen LogP contribution in [-0.4, -0.2) is 22.9 Å². The number of benzene rings is 2. The molecule has 124 valence electrons. The van der Waals surface area contributed by atoms with E-state index in [0.717, 1.165) is 18.7 Å². The Kier molecular flexibility index (Phi) is 5.11. The smallest absolute Gasteiger partial charge is 0.318 e. The number of rotatable bonds is 6. The maximum atomic E-state index is 11.5. The van der Waals surface area contributed by atoms with Crippen LogP contribution in [0.2, 0.25) is 0 Å². The number of hydrogen-bond acceptors (Lipinski definition) is 4. The standard InChI is InChI=1S/C19H20N2O3/c22-21(23)19-17(11-14-20-12-4-5-13-20)9-6-10-18(19)24-15-16-7-2-1-3-8-16/h1-3,6-11,14H,4-5,12-13,15H2. The van der Waals surface area contributed by atoms with E-state index in [0.29, 0.717) is 17.9 Å². The van der Waals surface area contributed by atoms with Gasteiger partial charge in [-0.25, -0.2) is 0 Å². The van der Waals surface area contributed by atoms with Crippen molar-refractivity contribution in [3.63, 3.8) is 0 Å². The Morgan fingerprint density at radius 1 is 1.08 bits per heavy atom. The number of nitro benzene ring substituents is 1. The molecular formula is C19H20N2O3. The zero-order valence-corrected chi connectivity index (χ0v) is 13.4. The average Bonchev–Trinajstić information content (AvgIpc) is 3.12. The van der Waals surface area contributed by atoms with Crippen LogP contribution in [0.3, 0.4) is 0 Å². The molecule has 1 heterocycles. The number of ether oxygens (including phenoxy) is 1. The van der Waals surface area contributed by atoms with Gasteiger partial charge in [-0.15, -0.1) is 0 Å². The van der Waals surface area contributed by atoms with Crippen molar-refractivity contribution >= 4 is 11.8 Å². The van der Waals surface area contributed by atoms with Gasteiger partial charge in [-0.2, -0.15) is 0 Å². The van der Waals surface area contributed by atoms with Crippen molar-refractivity contribution in [2.75, 3.05) is 13.1 Å². The lowest BCUT2D eigenvalue weighted by atomic mass is 10.1. The summed E-state index contributed by atoms with van der Waals surface area (Å²) in [5.41, 5.74) is 1.56. The van der Waals surface area contributed by atoms with Crippen LogP contribution < -0.4 is 4.74 Å². The molecule has 2 aromatic rings. The first-order chi connectivity index (χ1) is 11.7. The Morgan fingerprint density at radius 3 is 2.54 bits per heavy atom. The minimum atomic E-state index is -0.371. The summed E-state index contributed by atoms with van der Waals surface area (Å²) in [5, 5.41) is 11.5. The first-order valence-electron chi connectivity index (χ1n) is 8.10. The molecule has 2 aromatic carbocycles. The van der Waals surface area contributed by atoms with Crippen LogP contribution in [0.5, 0.6) is 5.75 Å². The Hall–Kier alpha value is -2.82. The van der Waals surface area contributed by atoms with E-state index in [1.54, 1.807) is 24.3 Å². The van der Waals surface area contributed by atoms with Crippen molar-refractivity contribution in [1.82, 2.24) is 4.90 Å². The van der Waals surface area contributed by atoms with Crippen LogP contribution in [0.25, 0.3) is 6.08 Å². The summed E-state index contributed by atoms with van der Waals surface area (Å²) in [5.74, 6) is 0.299. The zero-order chi connectivity index (χ0) is 16.8. The lowest BCUT2D eigenvalue weighted by Gasteiger charge is -2.11. The summed E-state index contributed by atoms with van der Waals surface area (Å²) >= 11 is 0. The first-order valence-corrected chi connectivity index (χ1v) is 8.10. The molecule has 24 heavy (non-hydrogen) atoms. The third kappa shape index (κ3) is 3.93. The zero-order valence-electron chi connectivity index (χ0n) is 13.4. The van der Waals surface area contributed by atoms with Gasteiger partial charge in [0.05, 0.1) is 10.5 Å². The molecule has 0 saturated carbocycles. The largest absolute Gasteiger partial charge is 0.482 e. The van der Waals surface area contributed by atoms with Crippen molar-refractivity contribution in [3.8, 4) is 5.75 Å². The topological polar surface area (TPSA) is 55.6 Å². The molecule has 0 unspecified atom stereocenters. The second kappa shape index (κ2) is 7.64. The molecule has 1 aliphatic rings. The minimum absolute atomic E-state index is 0.0175. The van der Waals surface area contributed by atoms with Gasteiger partial charge in [0, 0.05) is 13.1 Å². The summed E-state index contributed by atoms with van der Waals surface area (Å²) in [6.07, 6.45) is 6.09. The van der Waals surface area contributed by atoms with Crippen LogP contribution >= 0.6 is 0 Å². The second-order valence-electron chi connectivity index (χ2n) is 5.78. The van der Waals surface area contributed by atoms with E-state index in [2.05, 4.69) is 4.90 Å². The molecule has 0 N–H and O–H groups in total. The molecule has 0 radical (unpaired) electrons. The number of para-hydroxylation sites is 1. The van der Waals surface area contributed by atoms with Gasteiger partial charge in [0.25, 0.3) is 0 Å². The van der Waals surface area contributed by atoms with Crippen molar-refractivity contribution in [3.05, 3.63) is 76.0 Å². The third-order valence-corrected chi connectivity index (χ3v) is 4.06. The lowest BCUT2D eigenvalue weighted by Crippen LogP contribution is -2.10. The lowest BCUT2D eigenvalue weighted by molar-refractivity contribution is -0.386. The molecular weight excluding hydrogens is 304 g/mol. The minimum Gasteiger partial charge on any atom is -0.482 e. The average molecular weight is 324 g/mol. The third-order valence-electron chi connectivity index (χ3n) is 4.06. The molecule has 3 rings (SSSR count). The molecule has 0 amide bonds. The van der Waals surface area contributed by atoms with Crippen LogP contribution in [0.15, 0.2) is 54.7 Å². The molecule has 0 aromatic heterocycles. The Morgan fingerprint density at radius 2 is 1.83 bits per heavy atom. The van der Waals surface area contributed by atoms with Gasteiger partial charge in [-0.1, -0.05) is 36.4 Å². The highest BCUT2D eigenvalue weighted by Gasteiger charge is 2.20. The fourth-order valence-electron chi connectivity index (χ4n) is 2.80. The molecule has 0 bridgehead atoms. The van der Waals surface area contributed by atoms with E-state index in [9.17, 15) is 10.1 Å². The molecule has 0 spiro atoms. The van der Waals surface area contributed by atoms with Crippen molar-refractivity contribution in [2.45, 2.75) is 19.4 Å². The van der Waals surface area contributed by atoms with Crippen molar-refractivity contribution < 1.29 is 9.66 Å². The van der Waals surface area contributed by atoms with Gasteiger partial charge in [0.1, 0.15) is 6.61 Å². The summed E-state index contributed by atoms with van der Waals surface area (Å²) in [6.45, 7) is 2.32. The molecule has 5 heteroatoms. The molecule has 0 aliphatic carbocycles. The van der Waals surface area contributed by atoms with Gasteiger partial charge in [-0.05, 0) is 42.8 Å². The van der Waals surface area contributed by atoms with Crippen LogP contribution in [-0.2, 0) is 6.61 Å². The molecule has 1 saturated heterocycles. The Bertz CT molecular complexity index is 723. The number of likely N-dealkylation sites (tertiary alicyclic amines) is 1. The van der Waals surface area contributed by atoms with Gasteiger partial charge < -0.3 is 9.64 Å². The monoisotopic (exact) mass is 324 g/mol. The summed E-state index contributed by atoms with van der Waals surface area (Å²) in [7, 11) is 0.